The Balaban J connectivity index is 1.25. The molecule has 1 aliphatic rings. The number of para-hydroxylation sites is 1. The Bertz CT molecular complexity index is 1730. The van der Waals surface area contributed by atoms with Gasteiger partial charge in [0, 0.05) is 43.2 Å². The van der Waals surface area contributed by atoms with E-state index in [0.29, 0.717) is 22.2 Å². The van der Waals surface area contributed by atoms with E-state index in [1.807, 2.05) is 35.0 Å². The zero-order valence-corrected chi connectivity index (χ0v) is 23.4. The molecule has 41 heavy (non-hydrogen) atoms. The second-order valence-corrected chi connectivity index (χ2v) is 12.8. The number of aryl methyl sites for hydroxylation is 1. The van der Waals surface area contributed by atoms with Crippen molar-refractivity contribution in [2.45, 2.75) is 19.9 Å². The molecule has 8 nitrogen and oxygen atoms in total. The molecule has 1 amide bonds. The summed E-state index contributed by atoms with van der Waals surface area (Å²) in [6, 6.07) is 16.7. The monoisotopic (exact) mass is 571 g/mol. The van der Waals surface area contributed by atoms with Crippen molar-refractivity contribution in [3.05, 3.63) is 102 Å². The van der Waals surface area contributed by atoms with Gasteiger partial charge in [0.05, 0.1) is 47.2 Å². The first-order chi connectivity index (χ1) is 19.8. The molecule has 0 aliphatic carbocycles. The fourth-order valence-corrected chi connectivity index (χ4v) is 6.35. The highest BCUT2D eigenvalue weighted by Crippen LogP contribution is 2.40. The van der Waals surface area contributed by atoms with E-state index in [1.54, 1.807) is 35.8 Å². The summed E-state index contributed by atoms with van der Waals surface area (Å²) in [6.07, 6.45) is 7.17. The number of imidazole rings is 1. The summed E-state index contributed by atoms with van der Waals surface area (Å²) in [6.45, 7) is 3.34. The van der Waals surface area contributed by atoms with Gasteiger partial charge in [-0.25, -0.2) is 14.4 Å². The lowest BCUT2D eigenvalue weighted by atomic mass is 10.00. The molecule has 0 saturated carbocycles. The van der Waals surface area contributed by atoms with E-state index in [4.69, 9.17) is 4.98 Å². The lowest BCUT2D eigenvalue weighted by molar-refractivity contribution is -0.130. The third-order valence-corrected chi connectivity index (χ3v) is 9.23. The molecule has 2 aromatic heterocycles. The van der Waals surface area contributed by atoms with Crippen molar-refractivity contribution in [1.29, 1.82) is 0 Å². The van der Waals surface area contributed by atoms with Crippen molar-refractivity contribution < 1.29 is 18.3 Å². The van der Waals surface area contributed by atoms with E-state index in [2.05, 4.69) is 29.0 Å². The minimum atomic E-state index is -2.60. The molecule has 0 atom stereocenters. The lowest BCUT2D eigenvalue weighted by Crippen LogP contribution is -2.42. The van der Waals surface area contributed by atoms with Crippen LogP contribution in [0.15, 0.2) is 79.5 Å². The number of hydrogen-bond acceptors (Lipinski definition) is 6. The molecule has 0 radical (unpaired) electrons. The van der Waals surface area contributed by atoms with Crippen LogP contribution < -0.4 is 0 Å². The van der Waals surface area contributed by atoms with Gasteiger partial charge in [0.1, 0.15) is 5.82 Å². The van der Waals surface area contributed by atoms with E-state index in [-0.39, 0.29) is 36.9 Å². The van der Waals surface area contributed by atoms with Crippen molar-refractivity contribution >= 4 is 27.5 Å². The fourth-order valence-electron chi connectivity index (χ4n) is 5.12. The van der Waals surface area contributed by atoms with Gasteiger partial charge >= 0.3 is 0 Å². The maximum Gasteiger partial charge on any atom is 0.227 e. The zero-order valence-electron chi connectivity index (χ0n) is 22.6. The molecule has 1 saturated heterocycles. The van der Waals surface area contributed by atoms with Crippen LogP contribution >= 0.6 is 10.6 Å². The van der Waals surface area contributed by atoms with Crippen LogP contribution in [0, 0.1) is 12.7 Å². The molecule has 3 heterocycles. The zero-order chi connectivity index (χ0) is 28.6. The molecular weight excluding hydrogens is 541 g/mol. The number of rotatable bonds is 6. The molecule has 0 bridgehead atoms. The molecule has 5 aromatic rings. The molecule has 1 fully saturated rings. The summed E-state index contributed by atoms with van der Waals surface area (Å²) < 4.78 is 36.9. The molecule has 210 valence electrons. The van der Waals surface area contributed by atoms with Gasteiger partial charge in [-0.3, -0.25) is 18.9 Å². The first-order valence-electron chi connectivity index (χ1n) is 13.4. The summed E-state index contributed by atoms with van der Waals surface area (Å²) in [4.78, 5) is 28.0. The second-order valence-electron chi connectivity index (χ2n) is 10.4. The Kier molecular flexibility index (Phi) is 7.29. The third kappa shape index (κ3) is 5.85. The highest BCUT2D eigenvalue weighted by atomic mass is 32.3. The predicted molar refractivity (Wildman–Crippen MR) is 159 cm³/mol. The van der Waals surface area contributed by atoms with Gasteiger partial charge in [-0.05, 0) is 47.4 Å². The van der Waals surface area contributed by atoms with Crippen molar-refractivity contribution in [3.63, 3.8) is 0 Å². The number of halogens is 1. The predicted octanol–water partition coefficient (Wildman–Crippen LogP) is 5.79. The van der Waals surface area contributed by atoms with Crippen LogP contribution in [0.2, 0.25) is 0 Å². The van der Waals surface area contributed by atoms with E-state index >= 15 is 4.39 Å². The Morgan fingerprint density at radius 1 is 1.02 bits per heavy atom. The van der Waals surface area contributed by atoms with Gasteiger partial charge in [0.25, 0.3) is 0 Å². The maximum absolute atomic E-state index is 15.3. The molecule has 10 heteroatoms. The molecule has 1 aliphatic heterocycles. The molecule has 0 unspecified atom stereocenters. The van der Waals surface area contributed by atoms with Gasteiger partial charge in [-0.15, -0.1) is 0 Å². The second kappa shape index (κ2) is 11.0. The minimum Gasteiger partial charge on any atom is -0.339 e. The van der Waals surface area contributed by atoms with Gasteiger partial charge in [-0.1, -0.05) is 36.4 Å². The first-order valence-corrected chi connectivity index (χ1v) is 15.3. The largest absolute Gasteiger partial charge is 0.339 e. The highest BCUT2D eigenvalue weighted by molar-refractivity contribution is 8.24. The Morgan fingerprint density at radius 3 is 2.54 bits per heavy atom. The first kappa shape index (κ1) is 27.1. The van der Waals surface area contributed by atoms with Gasteiger partial charge in [-0.2, -0.15) is 10.6 Å². The van der Waals surface area contributed by atoms with Crippen LogP contribution in [-0.4, -0.2) is 64.0 Å². The Hall–Kier alpha value is -4.12. The smallest absolute Gasteiger partial charge is 0.227 e. The molecule has 3 aromatic carbocycles. The number of benzene rings is 3. The van der Waals surface area contributed by atoms with Gasteiger partial charge in [0.15, 0.2) is 0 Å². The van der Waals surface area contributed by atoms with E-state index in [1.165, 1.54) is 11.6 Å². The maximum atomic E-state index is 15.3. The summed E-state index contributed by atoms with van der Waals surface area (Å²) in [5, 5.41) is 0. The van der Waals surface area contributed by atoms with Crippen molar-refractivity contribution in [2.75, 3.05) is 24.6 Å². The number of hydrogen-bond donors (Lipinski definition) is 2. The van der Waals surface area contributed by atoms with Crippen molar-refractivity contribution in [1.82, 2.24) is 24.4 Å². The van der Waals surface area contributed by atoms with Crippen molar-refractivity contribution in [2.24, 2.45) is 0 Å². The SMILES string of the molecule is Cc1cc(-c2cnc3cccc(-c4ccc(CC(=O)N5CCS(O)(O)CC5)c(F)c4)c3n2)ccc1Cn1ccnc1. The Labute approximate surface area is 238 Å². The Morgan fingerprint density at radius 2 is 1.80 bits per heavy atom. The van der Waals surface area contributed by atoms with Crippen LogP contribution in [0.25, 0.3) is 33.4 Å². The highest BCUT2D eigenvalue weighted by Gasteiger charge is 2.26. The average Bonchev–Trinajstić information content (AvgIpc) is 3.48. The number of fused-ring (bicyclic) bond motifs is 1. The van der Waals surface area contributed by atoms with Crippen LogP contribution in [-0.2, 0) is 17.8 Å². The topological polar surface area (TPSA) is 104 Å². The molecular formula is C31H30FN5O3S. The van der Waals surface area contributed by atoms with Crippen LogP contribution in [0.1, 0.15) is 16.7 Å². The number of nitrogens with zero attached hydrogens (tertiary/aromatic N) is 5. The molecule has 2 N–H and O–H groups in total. The van der Waals surface area contributed by atoms with Crippen LogP contribution in [0.4, 0.5) is 4.39 Å². The standard InChI is InChI=1S/C31H30FN5O3S/c1-21-15-24(7-8-25(21)19-36-10-9-33-20-36)29-18-34-28-4-2-3-26(31(28)35-29)22-5-6-23(27(32)16-22)17-30(38)37-11-13-41(39,40)14-12-37/h2-10,15-16,18,20,39-40H,11-14,17,19H2,1H3. The summed E-state index contributed by atoms with van der Waals surface area (Å²) >= 11 is 0. The minimum absolute atomic E-state index is 0.0824. The quantitative estimate of drug-likeness (QED) is 0.267. The number of carbonyl (C=O) groups excluding carboxylic acids is 1. The molecule has 6 rings (SSSR count). The van der Waals surface area contributed by atoms with E-state index < -0.39 is 16.4 Å². The summed E-state index contributed by atoms with van der Waals surface area (Å²) in [5.41, 5.74) is 7.06. The number of amides is 1. The van der Waals surface area contributed by atoms with E-state index in [0.717, 1.165) is 28.9 Å². The van der Waals surface area contributed by atoms with Gasteiger partial charge in [0.2, 0.25) is 5.91 Å². The summed E-state index contributed by atoms with van der Waals surface area (Å²) in [7, 11) is -2.60. The van der Waals surface area contributed by atoms with E-state index in [9.17, 15) is 13.9 Å². The average molecular weight is 572 g/mol. The fraction of sp³-hybridized carbons (Fsp3) is 0.226. The third-order valence-electron chi connectivity index (χ3n) is 7.56. The molecule has 0 spiro atoms. The van der Waals surface area contributed by atoms with Crippen LogP contribution in [0.3, 0.4) is 0 Å². The van der Waals surface area contributed by atoms with Gasteiger partial charge < -0.3 is 9.47 Å². The van der Waals surface area contributed by atoms with Crippen molar-refractivity contribution in [3.8, 4) is 22.4 Å². The van der Waals surface area contributed by atoms with Crippen LogP contribution in [0.5, 0.6) is 0 Å². The number of aromatic nitrogens is 4. The lowest BCUT2D eigenvalue weighted by Gasteiger charge is -2.41. The normalized spacial score (nSPS) is 15.7. The number of carbonyl (C=O) groups is 1. The summed E-state index contributed by atoms with van der Waals surface area (Å²) in [5.74, 6) is -0.361.